The molecule has 1 aromatic rings. The molecule has 2 heterocycles. The van der Waals surface area contributed by atoms with E-state index in [4.69, 9.17) is 4.42 Å². The Balaban J connectivity index is 1.62. The molecule has 0 aliphatic carbocycles. The molecule has 0 unspecified atom stereocenters. The van der Waals surface area contributed by atoms with Crippen LogP contribution in [0, 0.1) is 0 Å². The lowest BCUT2D eigenvalue weighted by Crippen LogP contribution is -2.46. The molecule has 0 bridgehead atoms. The molecule has 1 aliphatic rings. The number of nitrogens with zero attached hydrogens (tertiary/aromatic N) is 1. The molecular weight excluding hydrogens is 178 g/mol. The summed E-state index contributed by atoms with van der Waals surface area (Å²) in [5, 5.41) is 6.69. The molecule has 2 N–H and O–H groups in total. The van der Waals surface area contributed by atoms with Gasteiger partial charge in [-0.3, -0.25) is 10.2 Å². The average molecular weight is 195 g/mol. The van der Waals surface area contributed by atoms with Gasteiger partial charge in [-0.25, -0.2) is 0 Å². The van der Waals surface area contributed by atoms with Gasteiger partial charge in [0.05, 0.1) is 12.8 Å². The van der Waals surface area contributed by atoms with E-state index < -0.39 is 0 Å². The van der Waals surface area contributed by atoms with Crippen LogP contribution in [0.2, 0.25) is 0 Å². The molecule has 0 amide bonds. The number of piperazine rings is 1. The van der Waals surface area contributed by atoms with E-state index in [0.717, 1.165) is 45.2 Å². The fourth-order valence-corrected chi connectivity index (χ4v) is 1.62. The summed E-state index contributed by atoms with van der Waals surface area (Å²) in [6.07, 6.45) is 1.71. The molecule has 4 nitrogen and oxygen atoms in total. The number of hydrogen-bond acceptors (Lipinski definition) is 4. The molecule has 0 radical (unpaired) electrons. The molecule has 14 heavy (non-hydrogen) atoms. The summed E-state index contributed by atoms with van der Waals surface area (Å²) < 4.78 is 5.23. The maximum atomic E-state index is 5.23. The Hall–Kier alpha value is -0.840. The first-order chi connectivity index (χ1) is 6.95. The van der Waals surface area contributed by atoms with Gasteiger partial charge in [-0.1, -0.05) is 0 Å². The fourth-order valence-electron chi connectivity index (χ4n) is 1.62. The lowest BCUT2D eigenvalue weighted by Gasteiger charge is -2.27. The maximum absolute atomic E-state index is 5.23. The number of rotatable bonds is 4. The van der Waals surface area contributed by atoms with Gasteiger partial charge in [0.1, 0.15) is 5.76 Å². The zero-order valence-electron chi connectivity index (χ0n) is 8.33. The Morgan fingerprint density at radius 1 is 1.43 bits per heavy atom. The first-order valence-corrected chi connectivity index (χ1v) is 5.11. The summed E-state index contributed by atoms with van der Waals surface area (Å²) in [5.41, 5.74) is 0. The van der Waals surface area contributed by atoms with Crippen molar-refractivity contribution in [3.8, 4) is 0 Å². The van der Waals surface area contributed by atoms with Crippen LogP contribution in [0.25, 0.3) is 0 Å². The van der Waals surface area contributed by atoms with E-state index in [-0.39, 0.29) is 0 Å². The third-order valence-electron chi connectivity index (χ3n) is 2.42. The molecular formula is C10H17N3O. The van der Waals surface area contributed by atoms with Crippen LogP contribution in [0.15, 0.2) is 22.8 Å². The Bertz CT molecular complexity index is 242. The number of furan rings is 1. The minimum Gasteiger partial charge on any atom is -0.468 e. The Kier molecular flexibility index (Phi) is 3.57. The normalized spacial score (nSPS) is 18.6. The topological polar surface area (TPSA) is 40.4 Å². The van der Waals surface area contributed by atoms with Crippen LogP contribution in [0.1, 0.15) is 5.76 Å². The summed E-state index contributed by atoms with van der Waals surface area (Å²) >= 11 is 0. The van der Waals surface area contributed by atoms with E-state index in [9.17, 15) is 0 Å². The molecule has 0 atom stereocenters. The van der Waals surface area contributed by atoms with Gasteiger partial charge >= 0.3 is 0 Å². The minimum absolute atomic E-state index is 0.816. The Labute approximate surface area is 84.3 Å². The lowest BCUT2D eigenvalue weighted by atomic mass is 10.4. The third kappa shape index (κ3) is 2.83. The average Bonchev–Trinajstić information content (AvgIpc) is 2.72. The number of hydrogen-bond donors (Lipinski definition) is 2. The SMILES string of the molecule is c1coc(CNCN2CCNCC2)c1. The molecule has 4 heteroatoms. The molecule has 2 rings (SSSR count). The van der Waals surface area contributed by atoms with Gasteiger partial charge in [-0.15, -0.1) is 0 Å². The molecule has 0 aromatic carbocycles. The third-order valence-corrected chi connectivity index (χ3v) is 2.42. The largest absolute Gasteiger partial charge is 0.468 e. The lowest BCUT2D eigenvalue weighted by molar-refractivity contribution is 0.220. The Morgan fingerprint density at radius 2 is 2.29 bits per heavy atom. The minimum atomic E-state index is 0.816. The highest BCUT2D eigenvalue weighted by Gasteiger charge is 2.08. The predicted octanol–water partition coefficient (Wildman–Crippen LogP) is 0.232. The molecule has 78 valence electrons. The van der Waals surface area contributed by atoms with Crippen LogP contribution in [0.3, 0.4) is 0 Å². The second kappa shape index (κ2) is 5.14. The smallest absolute Gasteiger partial charge is 0.117 e. The van der Waals surface area contributed by atoms with Crippen LogP contribution in [-0.4, -0.2) is 37.7 Å². The first-order valence-electron chi connectivity index (χ1n) is 5.11. The summed E-state index contributed by atoms with van der Waals surface area (Å²) in [5.74, 6) is 1.00. The van der Waals surface area contributed by atoms with Gasteiger partial charge in [0.15, 0.2) is 0 Å². The van der Waals surface area contributed by atoms with E-state index in [1.54, 1.807) is 6.26 Å². The van der Waals surface area contributed by atoms with E-state index in [2.05, 4.69) is 15.5 Å². The van der Waals surface area contributed by atoms with Gasteiger partial charge in [0, 0.05) is 32.8 Å². The predicted molar refractivity (Wildman–Crippen MR) is 54.9 cm³/mol. The van der Waals surface area contributed by atoms with Gasteiger partial charge in [0.25, 0.3) is 0 Å². The Morgan fingerprint density at radius 3 is 3.00 bits per heavy atom. The maximum Gasteiger partial charge on any atom is 0.117 e. The highest BCUT2D eigenvalue weighted by Crippen LogP contribution is 1.98. The van der Waals surface area contributed by atoms with Gasteiger partial charge < -0.3 is 9.73 Å². The van der Waals surface area contributed by atoms with Gasteiger partial charge in [0.2, 0.25) is 0 Å². The summed E-state index contributed by atoms with van der Waals surface area (Å²) in [6.45, 7) is 6.22. The zero-order chi connectivity index (χ0) is 9.64. The second-order valence-corrected chi connectivity index (χ2v) is 3.53. The van der Waals surface area contributed by atoms with Crippen molar-refractivity contribution in [3.63, 3.8) is 0 Å². The fraction of sp³-hybridized carbons (Fsp3) is 0.600. The molecule has 1 aliphatic heterocycles. The van der Waals surface area contributed by atoms with E-state index >= 15 is 0 Å². The molecule has 1 aromatic heterocycles. The number of nitrogens with one attached hydrogen (secondary N) is 2. The van der Waals surface area contributed by atoms with E-state index in [0.29, 0.717) is 0 Å². The summed E-state index contributed by atoms with van der Waals surface area (Å²) in [4.78, 5) is 2.40. The monoisotopic (exact) mass is 195 g/mol. The standard InChI is InChI=1S/C10H17N3O/c1-2-10(14-7-1)8-12-9-13-5-3-11-4-6-13/h1-2,7,11-12H,3-6,8-9H2. The molecule has 1 fully saturated rings. The van der Waals surface area contributed by atoms with Crippen molar-refractivity contribution in [2.75, 3.05) is 32.8 Å². The van der Waals surface area contributed by atoms with Crippen LogP contribution in [0.4, 0.5) is 0 Å². The van der Waals surface area contributed by atoms with Crippen molar-refractivity contribution >= 4 is 0 Å². The second-order valence-electron chi connectivity index (χ2n) is 3.53. The van der Waals surface area contributed by atoms with Crippen molar-refractivity contribution in [2.45, 2.75) is 6.54 Å². The van der Waals surface area contributed by atoms with Crippen molar-refractivity contribution in [3.05, 3.63) is 24.2 Å². The van der Waals surface area contributed by atoms with E-state index in [1.165, 1.54) is 0 Å². The molecule has 0 saturated carbocycles. The van der Waals surface area contributed by atoms with Crippen molar-refractivity contribution in [1.82, 2.24) is 15.5 Å². The van der Waals surface area contributed by atoms with Crippen molar-refractivity contribution < 1.29 is 4.42 Å². The highest BCUT2D eigenvalue weighted by atomic mass is 16.3. The van der Waals surface area contributed by atoms with E-state index in [1.807, 2.05) is 12.1 Å². The molecule has 1 saturated heterocycles. The zero-order valence-corrected chi connectivity index (χ0v) is 8.33. The van der Waals surface area contributed by atoms with Crippen LogP contribution in [-0.2, 0) is 6.54 Å². The first kappa shape index (κ1) is 9.71. The van der Waals surface area contributed by atoms with Crippen LogP contribution in [0.5, 0.6) is 0 Å². The summed E-state index contributed by atoms with van der Waals surface area (Å²) in [6, 6.07) is 3.91. The van der Waals surface area contributed by atoms with Gasteiger partial charge in [-0.05, 0) is 12.1 Å². The molecule has 0 spiro atoms. The quantitative estimate of drug-likeness (QED) is 0.721. The van der Waals surface area contributed by atoms with Crippen molar-refractivity contribution in [1.29, 1.82) is 0 Å². The van der Waals surface area contributed by atoms with Crippen LogP contribution < -0.4 is 10.6 Å². The van der Waals surface area contributed by atoms with Crippen LogP contribution >= 0.6 is 0 Å². The van der Waals surface area contributed by atoms with Gasteiger partial charge in [-0.2, -0.15) is 0 Å². The summed E-state index contributed by atoms with van der Waals surface area (Å²) in [7, 11) is 0. The van der Waals surface area contributed by atoms with Crippen molar-refractivity contribution in [2.24, 2.45) is 0 Å². The highest BCUT2D eigenvalue weighted by molar-refractivity contribution is 4.97.